The van der Waals surface area contributed by atoms with Gasteiger partial charge in [0.25, 0.3) is 0 Å². The Balaban J connectivity index is 2.94. The van der Waals surface area contributed by atoms with Crippen molar-refractivity contribution < 1.29 is 14.6 Å². The fourth-order valence-corrected chi connectivity index (χ4v) is 1.31. The van der Waals surface area contributed by atoms with Gasteiger partial charge < -0.3 is 10.2 Å². The van der Waals surface area contributed by atoms with Crippen LogP contribution in [0, 0.1) is 5.82 Å². The van der Waals surface area contributed by atoms with Crippen molar-refractivity contribution in [3.8, 4) is 11.5 Å². The Labute approximate surface area is 73.9 Å². The summed E-state index contributed by atoms with van der Waals surface area (Å²) in [4.78, 5) is 0. The van der Waals surface area contributed by atoms with E-state index >= 15 is 0 Å². The molecule has 0 aliphatic rings. The van der Waals surface area contributed by atoms with Gasteiger partial charge in [0.05, 0.1) is 0 Å². The molecule has 0 radical (unpaired) electrons. The fraction of sp³-hybridized carbons (Fsp3) is 0. The van der Waals surface area contributed by atoms with Crippen LogP contribution in [0.25, 0.3) is 10.8 Å². The van der Waals surface area contributed by atoms with Crippen molar-refractivity contribution in [3.05, 3.63) is 36.1 Å². The first-order chi connectivity index (χ1) is 6.18. The van der Waals surface area contributed by atoms with E-state index in [1.54, 1.807) is 6.07 Å². The predicted octanol–water partition coefficient (Wildman–Crippen LogP) is 2.39. The quantitative estimate of drug-likeness (QED) is 0.650. The highest BCUT2D eigenvalue weighted by Gasteiger charge is 2.05. The molecule has 0 atom stereocenters. The minimum absolute atomic E-state index is 0.116. The summed E-state index contributed by atoms with van der Waals surface area (Å²) in [6.45, 7) is 0. The van der Waals surface area contributed by atoms with Gasteiger partial charge in [0.2, 0.25) is 0 Å². The topological polar surface area (TPSA) is 40.5 Å². The summed E-state index contributed by atoms with van der Waals surface area (Å²) in [6.07, 6.45) is 0. The zero-order valence-electron chi connectivity index (χ0n) is 6.66. The van der Waals surface area contributed by atoms with Gasteiger partial charge in [0.1, 0.15) is 17.3 Å². The molecule has 2 rings (SSSR count). The second-order valence-corrected chi connectivity index (χ2v) is 2.80. The average molecular weight is 178 g/mol. The van der Waals surface area contributed by atoms with Crippen LogP contribution in [-0.4, -0.2) is 10.2 Å². The largest absolute Gasteiger partial charge is 0.508 e. The Morgan fingerprint density at radius 2 is 1.77 bits per heavy atom. The lowest BCUT2D eigenvalue weighted by Crippen LogP contribution is -1.79. The molecule has 0 aliphatic heterocycles. The first-order valence-electron chi connectivity index (χ1n) is 3.78. The lowest BCUT2D eigenvalue weighted by Gasteiger charge is -2.02. The summed E-state index contributed by atoms with van der Waals surface area (Å²) in [5, 5.41) is 19.1. The maximum Gasteiger partial charge on any atom is 0.131 e. The smallest absolute Gasteiger partial charge is 0.131 e. The van der Waals surface area contributed by atoms with Crippen molar-refractivity contribution in [1.82, 2.24) is 0 Å². The summed E-state index contributed by atoms with van der Waals surface area (Å²) < 4.78 is 13.1. The minimum Gasteiger partial charge on any atom is -0.508 e. The summed E-state index contributed by atoms with van der Waals surface area (Å²) in [6, 6.07) is 6.84. The molecule has 0 unspecified atom stereocenters. The van der Waals surface area contributed by atoms with E-state index in [1.807, 2.05) is 0 Å². The Morgan fingerprint density at radius 1 is 1.00 bits per heavy atom. The second kappa shape index (κ2) is 2.62. The molecular formula is C10H7FO2. The lowest BCUT2D eigenvalue weighted by molar-refractivity contribution is 0.454. The van der Waals surface area contributed by atoms with Crippen LogP contribution in [0.2, 0.25) is 0 Å². The highest BCUT2D eigenvalue weighted by molar-refractivity contribution is 5.89. The van der Waals surface area contributed by atoms with Crippen LogP contribution in [0.15, 0.2) is 30.3 Å². The number of halogens is 1. The van der Waals surface area contributed by atoms with E-state index in [0.717, 1.165) is 0 Å². The van der Waals surface area contributed by atoms with Gasteiger partial charge in [-0.2, -0.15) is 0 Å². The number of hydrogen-bond donors (Lipinski definition) is 2. The van der Waals surface area contributed by atoms with Crippen molar-refractivity contribution in [3.63, 3.8) is 0 Å². The third-order valence-electron chi connectivity index (χ3n) is 1.91. The van der Waals surface area contributed by atoms with Crippen LogP contribution >= 0.6 is 0 Å². The predicted molar refractivity (Wildman–Crippen MR) is 47.2 cm³/mol. The van der Waals surface area contributed by atoms with E-state index < -0.39 is 5.82 Å². The van der Waals surface area contributed by atoms with Crippen LogP contribution in [0.5, 0.6) is 11.5 Å². The van der Waals surface area contributed by atoms with Crippen LogP contribution in [0.1, 0.15) is 0 Å². The molecule has 2 aromatic carbocycles. The molecule has 13 heavy (non-hydrogen) atoms. The van der Waals surface area contributed by atoms with Crippen LogP contribution in [-0.2, 0) is 0 Å². The van der Waals surface area contributed by atoms with Gasteiger partial charge in [-0.05, 0) is 12.1 Å². The van der Waals surface area contributed by atoms with Crippen molar-refractivity contribution >= 4 is 10.8 Å². The zero-order valence-corrected chi connectivity index (χ0v) is 6.66. The lowest BCUT2D eigenvalue weighted by atomic mass is 10.1. The molecular weight excluding hydrogens is 171 g/mol. The third kappa shape index (κ3) is 1.18. The van der Waals surface area contributed by atoms with E-state index in [-0.39, 0.29) is 16.9 Å². The number of aromatic hydroxyl groups is 2. The molecule has 0 spiro atoms. The summed E-state index contributed by atoms with van der Waals surface area (Å²) in [5.41, 5.74) is 0. The summed E-state index contributed by atoms with van der Waals surface area (Å²) >= 11 is 0. The molecule has 0 aliphatic carbocycles. The molecule has 0 bridgehead atoms. The molecule has 0 heterocycles. The van der Waals surface area contributed by atoms with Gasteiger partial charge in [0.15, 0.2) is 0 Å². The molecule has 2 N–H and O–H groups in total. The van der Waals surface area contributed by atoms with Gasteiger partial charge >= 0.3 is 0 Å². The van der Waals surface area contributed by atoms with E-state index in [4.69, 9.17) is 5.11 Å². The average Bonchev–Trinajstić information content (AvgIpc) is 2.07. The number of rotatable bonds is 0. The maximum atomic E-state index is 13.1. The Bertz CT molecular complexity index is 466. The van der Waals surface area contributed by atoms with E-state index in [1.165, 1.54) is 24.3 Å². The number of hydrogen-bond acceptors (Lipinski definition) is 2. The van der Waals surface area contributed by atoms with Crippen molar-refractivity contribution in [1.29, 1.82) is 0 Å². The number of benzene rings is 2. The zero-order chi connectivity index (χ0) is 9.42. The highest BCUT2D eigenvalue weighted by atomic mass is 19.1. The first-order valence-corrected chi connectivity index (χ1v) is 3.78. The van der Waals surface area contributed by atoms with Gasteiger partial charge in [-0.1, -0.05) is 12.1 Å². The maximum absolute atomic E-state index is 13.1. The Kier molecular flexibility index (Phi) is 1.59. The monoisotopic (exact) mass is 178 g/mol. The van der Waals surface area contributed by atoms with Crippen molar-refractivity contribution in [2.24, 2.45) is 0 Å². The normalized spacial score (nSPS) is 10.5. The van der Waals surface area contributed by atoms with Gasteiger partial charge in [0, 0.05) is 16.8 Å². The van der Waals surface area contributed by atoms with Crippen molar-refractivity contribution in [2.75, 3.05) is 0 Å². The standard InChI is InChI=1S/C10H7FO2/c11-9-3-1-2-7-8(9)4-6(12)5-10(7)13/h1-5,12-13H. The molecule has 2 nitrogen and oxygen atoms in total. The molecule has 0 aromatic heterocycles. The van der Waals surface area contributed by atoms with Crippen LogP contribution in [0.3, 0.4) is 0 Å². The first kappa shape index (κ1) is 7.86. The Morgan fingerprint density at radius 3 is 2.54 bits per heavy atom. The SMILES string of the molecule is Oc1cc(O)c2cccc(F)c2c1. The molecule has 0 saturated carbocycles. The molecule has 0 saturated heterocycles. The second-order valence-electron chi connectivity index (χ2n) is 2.80. The van der Waals surface area contributed by atoms with E-state index in [2.05, 4.69) is 0 Å². The molecule has 2 aromatic rings. The van der Waals surface area contributed by atoms with Crippen molar-refractivity contribution in [2.45, 2.75) is 0 Å². The molecule has 3 heteroatoms. The minimum atomic E-state index is -0.455. The van der Waals surface area contributed by atoms with Crippen LogP contribution < -0.4 is 0 Å². The summed E-state index contributed by atoms with van der Waals surface area (Å²) in [7, 11) is 0. The van der Waals surface area contributed by atoms with Gasteiger partial charge in [-0.15, -0.1) is 0 Å². The third-order valence-corrected chi connectivity index (χ3v) is 1.91. The molecule has 66 valence electrons. The highest BCUT2D eigenvalue weighted by Crippen LogP contribution is 2.30. The number of fused-ring (bicyclic) bond motifs is 1. The molecule has 0 amide bonds. The van der Waals surface area contributed by atoms with E-state index in [0.29, 0.717) is 5.39 Å². The van der Waals surface area contributed by atoms with Gasteiger partial charge in [-0.3, -0.25) is 0 Å². The number of phenols is 2. The Hall–Kier alpha value is -1.77. The summed E-state index contributed by atoms with van der Waals surface area (Å²) in [5.74, 6) is -0.715. The van der Waals surface area contributed by atoms with E-state index in [9.17, 15) is 9.50 Å². The van der Waals surface area contributed by atoms with Gasteiger partial charge in [-0.25, -0.2) is 4.39 Å². The molecule has 0 fully saturated rings. The van der Waals surface area contributed by atoms with Crippen LogP contribution in [0.4, 0.5) is 4.39 Å². The number of phenolic OH excluding ortho intramolecular Hbond substituents is 2. The fourth-order valence-electron chi connectivity index (χ4n) is 1.31.